The van der Waals surface area contributed by atoms with Crippen LogP contribution < -0.4 is 9.64 Å². The molecule has 2 aromatic carbocycles. The van der Waals surface area contributed by atoms with Crippen LogP contribution in [0.5, 0.6) is 5.75 Å². The first-order valence-corrected chi connectivity index (χ1v) is 8.61. The van der Waals surface area contributed by atoms with Gasteiger partial charge in [-0.15, -0.1) is 5.10 Å². The van der Waals surface area contributed by atoms with Crippen LogP contribution in [0.3, 0.4) is 0 Å². The number of hydrogen-bond donors (Lipinski definition) is 0. The van der Waals surface area contributed by atoms with Crippen molar-refractivity contribution in [2.45, 2.75) is 13.2 Å². The number of methoxy groups -OCH3 is 1. The van der Waals surface area contributed by atoms with Crippen molar-refractivity contribution in [1.29, 1.82) is 0 Å². The number of carbonyl (C=O) groups excluding carboxylic acids is 1. The number of nitrogens with zero attached hydrogens (tertiary/aromatic N) is 4. The average Bonchev–Trinajstić information content (AvgIpc) is 3.20. The zero-order valence-electron chi connectivity index (χ0n) is 15.4. The maximum atomic E-state index is 12.6. The van der Waals surface area contributed by atoms with E-state index in [1.165, 1.54) is 4.90 Å². The molecule has 0 bridgehead atoms. The van der Waals surface area contributed by atoms with Gasteiger partial charge in [-0.25, -0.2) is 4.68 Å². The van der Waals surface area contributed by atoms with Crippen molar-refractivity contribution in [3.8, 4) is 5.75 Å². The summed E-state index contributed by atoms with van der Waals surface area (Å²) >= 11 is 0. The molecule has 3 rings (SSSR count). The summed E-state index contributed by atoms with van der Waals surface area (Å²) in [6, 6.07) is 17.3. The lowest BCUT2D eigenvalue weighted by Gasteiger charge is -2.16. The van der Waals surface area contributed by atoms with E-state index >= 15 is 0 Å². The van der Waals surface area contributed by atoms with E-state index in [0.29, 0.717) is 19.8 Å². The van der Waals surface area contributed by atoms with Gasteiger partial charge in [-0.2, -0.15) is 0 Å². The number of carbonyl (C=O) groups is 1. The first kappa shape index (κ1) is 18.6. The van der Waals surface area contributed by atoms with Crippen LogP contribution >= 0.6 is 0 Å². The molecule has 1 aromatic heterocycles. The number of benzene rings is 2. The standard InChI is InChI=1S/C20H22N4O3/c1-23(20(25)19-14-24(22-21-19)12-13-26-2)17-8-10-18(11-9-17)27-15-16-6-4-3-5-7-16/h3-11,14H,12-13,15H2,1-2H3. The third-order valence-corrected chi connectivity index (χ3v) is 4.06. The average molecular weight is 366 g/mol. The molecule has 27 heavy (non-hydrogen) atoms. The van der Waals surface area contributed by atoms with Gasteiger partial charge in [0.2, 0.25) is 0 Å². The minimum absolute atomic E-state index is 0.225. The summed E-state index contributed by atoms with van der Waals surface area (Å²) < 4.78 is 12.4. The minimum atomic E-state index is -0.225. The summed E-state index contributed by atoms with van der Waals surface area (Å²) in [6.07, 6.45) is 1.62. The lowest BCUT2D eigenvalue weighted by Crippen LogP contribution is -2.26. The summed E-state index contributed by atoms with van der Waals surface area (Å²) in [4.78, 5) is 14.1. The fourth-order valence-electron chi connectivity index (χ4n) is 2.49. The molecule has 0 N–H and O–H groups in total. The highest BCUT2D eigenvalue weighted by molar-refractivity contribution is 6.04. The highest BCUT2D eigenvalue weighted by atomic mass is 16.5. The lowest BCUT2D eigenvalue weighted by atomic mass is 10.2. The minimum Gasteiger partial charge on any atom is -0.489 e. The zero-order valence-corrected chi connectivity index (χ0v) is 15.4. The second-order valence-electron chi connectivity index (χ2n) is 5.99. The van der Waals surface area contributed by atoms with Crippen LogP contribution in [0.15, 0.2) is 60.8 Å². The fraction of sp³-hybridized carbons (Fsp3) is 0.250. The Labute approximate surface area is 158 Å². The third-order valence-electron chi connectivity index (χ3n) is 4.06. The van der Waals surface area contributed by atoms with Crippen LogP contribution in [0.25, 0.3) is 0 Å². The molecule has 0 spiro atoms. The van der Waals surface area contributed by atoms with Gasteiger partial charge in [0.05, 0.1) is 19.3 Å². The first-order chi connectivity index (χ1) is 13.2. The maximum absolute atomic E-state index is 12.6. The van der Waals surface area contributed by atoms with Gasteiger partial charge in [-0.05, 0) is 29.8 Å². The normalized spacial score (nSPS) is 10.6. The van der Waals surface area contributed by atoms with Crippen molar-refractivity contribution in [1.82, 2.24) is 15.0 Å². The SMILES string of the molecule is COCCn1cc(C(=O)N(C)c2ccc(OCc3ccccc3)cc2)nn1. The van der Waals surface area contributed by atoms with E-state index in [1.807, 2.05) is 54.6 Å². The second kappa shape index (κ2) is 8.95. The molecule has 140 valence electrons. The Morgan fingerprint density at radius 3 is 2.56 bits per heavy atom. The van der Waals surface area contributed by atoms with Crippen LogP contribution in [0.4, 0.5) is 5.69 Å². The number of anilines is 1. The molecule has 0 radical (unpaired) electrons. The molecular formula is C20H22N4O3. The lowest BCUT2D eigenvalue weighted by molar-refractivity contribution is 0.0988. The largest absolute Gasteiger partial charge is 0.489 e. The quantitative estimate of drug-likeness (QED) is 0.613. The van der Waals surface area contributed by atoms with Crippen LogP contribution in [-0.4, -0.2) is 41.7 Å². The predicted molar refractivity (Wildman–Crippen MR) is 102 cm³/mol. The highest BCUT2D eigenvalue weighted by Crippen LogP contribution is 2.20. The molecule has 0 aliphatic rings. The number of hydrogen-bond acceptors (Lipinski definition) is 5. The molecule has 0 saturated carbocycles. The summed E-state index contributed by atoms with van der Waals surface area (Å²) in [5, 5.41) is 7.87. The first-order valence-electron chi connectivity index (χ1n) is 8.61. The molecule has 1 heterocycles. The van der Waals surface area contributed by atoms with Crippen molar-refractivity contribution in [3.05, 3.63) is 72.1 Å². The van der Waals surface area contributed by atoms with Gasteiger partial charge in [0.15, 0.2) is 5.69 Å². The molecule has 0 fully saturated rings. The molecule has 0 unspecified atom stereocenters. The van der Waals surface area contributed by atoms with E-state index < -0.39 is 0 Å². The number of ether oxygens (including phenoxy) is 2. The summed E-state index contributed by atoms with van der Waals surface area (Å²) in [7, 11) is 3.32. The van der Waals surface area contributed by atoms with Crippen LogP contribution in [-0.2, 0) is 17.9 Å². The Morgan fingerprint density at radius 2 is 1.85 bits per heavy atom. The molecule has 3 aromatic rings. The van der Waals surface area contributed by atoms with E-state index in [-0.39, 0.29) is 11.6 Å². The van der Waals surface area contributed by atoms with Gasteiger partial charge in [0, 0.05) is 19.8 Å². The van der Waals surface area contributed by atoms with E-state index in [4.69, 9.17) is 9.47 Å². The Bertz CT molecular complexity index is 862. The second-order valence-corrected chi connectivity index (χ2v) is 5.99. The molecule has 7 heteroatoms. The monoisotopic (exact) mass is 366 g/mol. The van der Waals surface area contributed by atoms with E-state index in [2.05, 4.69) is 10.3 Å². The van der Waals surface area contributed by atoms with Crippen LogP contribution in [0.2, 0.25) is 0 Å². The van der Waals surface area contributed by atoms with Gasteiger partial charge in [0.1, 0.15) is 12.4 Å². The van der Waals surface area contributed by atoms with Crippen molar-refractivity contribution in [2.75, 3.05) is 25.7 Å². The molecule has 0 saturated heterocycles. The molecule has 1 amide bonds. The van der Waals surface area contributed by atoms with Crippen molar-refractivity contribution < 1.29 is 14.3 Å². The van der Waals surface area contributed by atoms with Crippen molar-refractivity contribution >= 4 is 11.6 Å². The van der Waals surface area contributed by atoms with Crippen LogP contribution in [0.1, 0.15) is 16.1 Å². The van der Waals surface area contributed by atoms with E-state index in [1.54, 1.807) is 25.0 Å². The number of amides is 1. The summed E-state index contributed by atoms with van der Waals surface area (Å²) in [6.45, 7) is 1.56. The molecule has 0 atom stereocenters. The maximum Gasteiger partial charge on any atom is 0.280 e. The summed E-state index contributed by atoms with van der Waals surface area (Å²) in [5.74, 6) is 0.519. The number of rotatable bonds is 8. The van der Waals surface area contributed by atoms with Crippen LogP contribution in [0, 0.1) is 0 Å². The molecule has 7 nitrogen and oxygen atoms in total. The summed E-state index contributed by atoms with van der Waals surface area (Å²) in [5.41, 5.74) is 2.14. The Balaban J connectivity index is 1.60. The Hall–Kier alpha value is -3.19. The molecule has 0 aliphatic heterocycles. The topological polar surface area (TPSA) is 69.5 Å². The Kier molecular flexibility index (Phi) is 6.17. The van der Waals surface area contributed by atoms with E-state index in [0.717, 1.165) is 17.0 Å². The van der Waals surface area contributed by atoms with Gasteiger partial charge in [0.25, 0.3) is 5.91 Å². The fourth-order valence-corrected chi connectivity index (χ4v) is 2.49. The zero-order chi connectivity index (χ0) is 19.1. The van der Waals surface area contributed by atoms with Crippen molar-refractivity contribution in [3.63, 3.8) is 0 Å². The van der Waals surface area contributed by atoms with Crippen molar-refractivity contribution in [2.24, 2.45) is 0 Å². The molecule has 0 aliphatic carbocycles. The number of aromatic nitrogens is 3. The smallest absolute Gasteiger partial charge is 0.280 e. The van der Waals surface area contributed by atoms with Gasteiger partial charge in [-0.3, -0.25) is 4.79 Å². The Morgan fingerprint density at radius 1 is 1.11 bits per heavy atom. The predicted octanol–water partition coefficient (Wildman–Crippen LogP) is 2.78. The highest BCUT2D eigenvalue weighted by Gasteiger charge is 2.17. The van der Waals surface area contributed by atoms with Gasteiger partial charge < -0.3 is 14.4 Å². The third kappa shape index (κ3) is 4.92. The van der Waals surface area contributed by atoms with Gasteiger partial charge >= 0.3 is 0 Å². The van der Waals surface area contributed by atoms with E-state index in [9.17, 15) is 4.79 Å². The van der Waals surface area contributed by atoms with Gasteiger partial charge in [-0.1, -0.05) is 35.5 Å². The molecular weight excluding hydrogens is 344 g/mol.